The molecule has 1 heterocycles. The van der Waals surface area contributed by atoms with Crippen LogP contribution < -0.4 is 10.6 Å². The van der Waals surface area contributed by atoms with E-state index >= 15 is 0 Å². The number of piperazine rings is 1. The fraction of sp³-hybridized carbons (Fsp3) is 0.500. The Labute approximate surface area is 113 Å². The summed E-state index contributed by atoms with van der Waals surface area (Å²) in [7, 11) is 0. The van der Waals surface area contributed by atoms with Gasteiger partial charge in [-0.3, -0.25) is 4.90 Å². The van der Waals surface area contributed by atoms with E-state index < -0.39 is 0 Å². The van der Waals surface area contributed by atoms with Crippen molar-refractivity contribution in [2.45, 2.75) is 6.54 Å². The van der Waals surface area contributed by atoms with Crippen LogP contribution in [0.5, 0.6) is 0 Å². The molecule has 1 fully saturated rings. The number of β-amino-alcohol motifs (C(OH)–C–C–N with tert-alkyl or cyclic N) is 1. The Morgan fingerprint density at radius 1 is 1.26 bits per heavy atom. The minimum absolute atomic E-state index is 0.203. The van der Waals surface area contributed by atoms with E-state index in [-0.39, 0.29) is 6.61 Å². The lowest BCUT2D eigenvalue weighted by Crippen LogP contribution is -2.47. The van der Waals surface area contributed by atoms with Gasteiger partial charge in [-0.15, -0.1) is 0 Å². The monoisotopic (exact) mass is 260 g/mol. The van der Waals surface area contributed by atoms with Crippen LogP contribution in [0.4, 0.5) is 5.69 Å². The van der Waals surface area contributed by atoms with Crippen LogP contribution >= 0.6 is 0 Å². The van der Waals surface area contributed by atoms with Gasteiger partial charge in [-0.05, 0) is 17.7 Å². The number of aliphatic hydroxyl groups is 1. The molecule has 102 valence electrons. The fourth-order valence-corrected chi connectivity index (χ4v) is 2.43. The van der Waals surface area contributed by atoms with Gasteiger partial charge in [0, 0.05) is 39.3 Å². The predicted octanol–water partition coefficient (Wildman–Crippen LogP) is 0.131. The smallest absolute Gasteiger partial charge is 0.101 e. The van der Waals surface area contributed by atoms with Crippen LogP contribution in [0.2, 0.25) is 0 Å². The van der Waals surface area contributed by atoms with Crippen LogP contribution in [-0.2, 0) is 6.54 Å². The third kappa shape index (κ3) is 3.24. The van der Waals surface area contributed by atoms with Crippen molar-refractivity contribution in [3.8, 4) is 6.07 Å². The molecule has 0 amide bonds. The van der Waals surface area contributed by atoms with E-state index in [9.17, 15) is 5.26 Å². The van der Waals surface area contributed by atoms with Gasteiger partial charge in [0.25, 0.3) is 0 Å². The highest BCUT2D eigenvalue weighted by Crippen LogP contribution is 2.22. The molecule has 1 aromatic rings. The van der Waals surface area contributed by atoms with Crippen molar-refractivity contribution in [3.63, 3.8) is 0 Å². The molecule has 1 aliphatic rings. The van der Waals surface area contributed by atoms with Crippen molar-refractivity contribution in [2.75, 3.05) is 44.2 Å². The molecule has 0 aromatic heterocycles. The molecule has 0 radical (unpaired) electrons. The zero-order valence-corrected chi connectivity index (χ0v) is 11.0. The summed E-state index contributed by atoms with van der Waals surface area (Å²) in [4.78, 5) is 4.46. The Balaban J connectivity index is 2.09. The van der Waals surface area contributed by atoms with Crippen LogP contribution in [-0.4, -0.2) is 49.3 Å². The first-order valence-electron chi connectivity index (χ1n) is 6.59. The van der Waals surface area contributed by atoms with Gasteiger partial charge in [0.15, 0.2) is 0 Å². The van der Waals surface area contributed by atoms with Crippen molar-refractivity contribution >= 4 is 5.69 Å². The van der Waals surface area contributed by atoms with E-state index in [0.29, 0.717) is 12.1 Å². The van der Waals surface area contributed by atoms with E-state index in [4.69, 9.17) is 10.8 Å². The first-order chi connectivity index (χ1) is 9.28. The number of nitrogens with zero attached hydrogens (tertiary/aromatic N) is 3. The van der Waals surface area contributed by atoms with Gasteiger partial charge in [-0.1, -0.05) is 6.07 Å². The maximum Gasteiger partial charge on any atom is 0.101 e. The lowest BCUT2D eigenvalue weighted by Gasteiger charge is -2.36. The van der Waals surface area contributed by atoms with Gasteiger partial charge in [0.2, 0.25) is 0 Å². The minimum atomic E-state index is 0.203. The lowest BCUT2D eigenvalue weighted by molar-refractivity contribution is 0.189. The van der Waals surface area contributed by atoms with Crippen LogP contribution in [0.25, 0.3) is 0 Å². The normalized spacial score (nSPS) is 16.4. The summed E-state index contributed by atoms with van der Waals surface area (Å²) < 4.78 is 0. The second-order valence-corrected chi connectivity index (χ2v) is 4.72. The predicted molar refractivity (Wildman–Crippen MR) is 74.8 cm³/mol. The quantitative estimate of drug-likeness (QED) is 0.805. The summed E-state index contributed by atoms with van der Waals surface area (Å²) in [6, 6.07) is 8.09. The summed E-state index contributed by atoms with van der Waals surface area (Å²) >= 11 is 0. The van der Waals surface area contributed by atoms with Crippen LogP contribution in [0.3, 0.4) is 0 Å². The Bertz CT molecular complexity index is 461. The summed E-state index contributed by atoms with van der Waals surface area (Å²) in [5, 5.41) is 18.2. The molecule has 0 saturated carbocycles. The minimum Gasteiger partial charge on any atom is -0.395 e. The highest BCUT2D eigenvalue weighted by atomic mass is 16.3. The molecule has 1 aromatic carbocycles. The number of nitriles is 1. The van der Waals surface area contributed by atoms with Crippen molar-refractivity contribution in [1.82, 2.24) is 4.90 Å². The number of rotatable bonds is 4. The SMILES string of the molecule is N#Cc1cc(CN)ccc1N1CCN(CCO)CC1. The second kappa shape index (κ2) is 6.53. The van der Waals surface area contributed by atoms with Gasteiger partial charge < -0.3 is 15.7 Å². The number of anilines is 1. The van der Waals surface area contributed by atoms with Crippen molar-refractivity contribution < 1.29 is 5.11 Å². The molecule has 1 aliphatic heterocycles. The molecule has 19 heavy (non-hydrogen) atoms. The van der Waals surface area contributed by atoms with Crippen molar-refractivity contribution in [3.05, 3.63) is 29.3 Å². The largest absolute Gasteiger partial charge is 0.395 e. The Kier molecular flexibility index (Phi) is 4.74. The Morgan fingerprint density at radius 2 is 2.00 bits per heavy atom. The molecule has 0 spiro atoms. The zero-order valence-electron chi connectivity index (χ0n) is 11.0. The van der Waals surface area contributed by atoms with Crippen LogP contribution in [0, 0.1) is 11.3 Å². The van der Waals surface area contributed by atoms with E-state index in [1.165, 1.54) is 0 Å². The lowest BCUT2D eigenvalue weighted by atomic mass is 10.1. The summed E-state index contributed by atoms with van der Waals surface area (Å²) in [6.45, 7) is 5.00. The third-order valence-corrected chi connectivity index (χ3v) is 3.55. The number of hydrogen-bond acceptors (Lipinski definition) is 5. The van der Waals surface area contributed by atoms with E-state index in [1.807, 2.05) is 18.2 Å². The highest BCUT2D eigenvalue weighted by molar-refractivity contribution is 5.60. The molecular weight excluding hydrogens is 240 g/mol. The van der Waals surface area contributed by atoms with Gasteiger partial charge in [-0.25, -0.2) is 0 Å². The first kappa shape index (κ1) is 13.8. The highest BCUT2D eigenvalue weighted by Gasteiger charge is 2.18. The average Bonchev–Trinajstić information content (AvgIpc) is 2.48. The first-order valence-corrected chi connectivity index (χ1v) is 6.59. The summed E-state index contributed by atoms with van der Waals surface area (Å²) in [5.41, 5.74) is 8.27. The van der Waals surface area contributed by atoms with Gasteiger partial charge in [0.1, 0.15) is 6.07 Å². The maximum absolute atomic E-state index is 9.24. The zero-order chi connectivity index (χ0) is 13.7. The molecule has 0 bridgehead atoms. The van der Waals surface area contributed by atoms with Gasteiger partial charge >= 0.3 is 0 Å². The molecular formula is C14H20N4O. The molecule has 5 heteroatoms. The molecule has 0 unspecified atom stereocenters. The summed E-state index contributed by atoms with van der Waals surface area (Å²) in [6.07, 6.45) is 0. The topological polar surface area (TPSA) is 76.5 Å². The fourth-order valence-electron chi connectivity index (χ4n) is 2.43. The number of nitrogens with two attached hydrogens (primary N) is 1. The average molecular weight is 260 g/mol. The second-order valence-electron chi connectivity index (χ2n) is 4.72. The van der Waals surface area contributed by atoms with Crippen LogP contribution in [0.15, 0.2) is 18.2 Å². The molecule has 0 atom stereocenters. The van der Waals surface area contributed by atoms with E-state index in [1.54, 1.807) is 0 Å². The molecule has 3 N–H and O–H groups in total. The number of hydrogen-bond donors (Lipinski definition) is 2. The third-order valence-electron chi connectivity index (χ3n) is 3.55. The number of aliphatic hydroxyl groups excluding tert-OH is 1. The Hall–Kier alpha value is -1.61. The molecule has 1 saturated heterocycles. The maximum atomic E-state index is 9.24. The number of benzene rings is 1. The standard InChI is InChI=1S/C14H20N4O/c15-10-12-1-2-14(13(9-12)11-16)18-5-3-17(4-6-18)7-8-19/h1-2,9,19H,3-8,10,15H2. The van der Waals surface area contributed by atoms with Crippen molar-refractivity contribution in [2.24, 2.45) is 5.73 Å². The molecule has 5 nitrogen and oxygen atoms in total. The van der Waals surface area contributed by atoms with E-state index in [2.05, 4.69) is 15.9 Å². The molecule has 0 aliphatic carbocycles. The van der Waals surface area contributed by atoms with Gasteiger partial charge in [0.05, 0.1) is 17.9 Å². The Morgan fingerprint density at radius 3 is 2.58 bits per heavy atom. The van der Waals surface area contributed by atoms with Crippen molar-refractivity contribution in [1.29, 1.82) is 5.26 Å². The van der Waals surface area contributed by atoms with Crippen LogP contribution in [0.1, 0.15) is 11.1 Å². The molecule has 2 rings (SSSR count). The van der Waals surface area contributed by atoms with E-state index in [0.717, 1.165) is 44.0 Å². The van der Waals surface area contributed by atoms with Gasteiger partial charge in [-0.2, -0.15) is 5.26 Å². The summed E-state index contributed by atoms with van der Waals surface area (Å²) in [5.74, 6) is 0.